The standard InChI is InChI=1S/C15H13IN2O3/c1-8-3-2-4-10(13(8)16)14(19)18-12-6-5-9(15(20)21)7-11(12)17/h2-7H,17H2,1H3,(H,18,19)(H,20,21). The Morgan fingerprint density at radius 3 is 2.57 bits per heavy atom. The minimum Gasteiger partial charge on any atom is -0.478 e. The van der Waals surface area contributed by atoms with E-state index in [2.05, 4.69) is 27.9 Å². The van der Waals surface area contributed by atoms with E-state index in [9.17, 15) is 9.59 Å². The summed E-state index contributed by atoms with van der Waals surface area (Å²) in [7, 11) is 0. The average Bonchev–Trinajstić information content (AvgIpc) is 2.43. The first-order valence-electron chi connectivity index (χ1n) is 6.09. The predicted octanol–water partition coefficient (Wildman–Crippen LogP) is 3.13. The summed E-state index contributed by atoms with van der Waals surface area (Å²) in [6.07, 6.45) is 0. The van der Waals surface area contributed by atoms with Gasteiger partial charge in [0.15, 0.2) is 0 Å². The number of hydrogen-bond acceptors (Lipinski definition) is 3. The molecular formula is C15H13IN2O3. The van der Waals surface area contributed by atoms with Crippen molar-refractivity contribution < 1.29 is 14.7 Å². The van der Waals surface area contributed by atoms with E-state index in [-0.39, 0.29) is 17.2 Å². The largest absolute Gasteiger partial charge is 0.478 e. The highest BCUT2D eigenvalue weighted by molar-refractivity contribution is 14.1. The number of benzene rings is 2. The Labute approximate surface area is 135 Å². The molecule has 0 fully saturated rings. The summed E-state index contributed by atoms with van der Waals surface area (Å²) in [6.45, 7) is 1.93. The maximum atomic E-state index is 12.3. The Hall–Kier alpha value is -2.09. The fourth-order valence-corrected chi connectivity index (χ4v) is 2.43. The van der Waals surface area contributed by atoms with Gasteiger partial charge in [0, 0.05) is 3.57 Å². The van der Waals surface area contributed by atoms with E-state index in [1.54, 1.807) is 6.07 Å². The summed E-state index contributed by atoms with van der Waals surface area (Å²) in [6, 6.07) is 9.66. The van der Waals surface area contributed by atoms with Crippen LogP contribution in [0.25, 0.3) is 0 Å². The molecule has 0 heterocycles. The summed E-state index contributed by atoms with van der Waals surface area (Å²) in [5, 5.41) is 11.6. The molecule has 0 bridgehead atoms. The number of carboxylic acids is 1. The van der Waals surface area contributed by atoms with E-state index in [0.717, 1.165) is 9.13 Å². The number of aryl methyl sites for hydroxylation is 1. The van der Waals surface area contributed by atoms with Crippen molar-refractivity contribution in [2.24, 2.45) is 0 Å². The van der Waals surface area contributed by atoms with Crippen LogP contribution >= 0.6 is 22.6 Å². The van der Waals surface area contributed by atoms with E-state index in [1.807, 2.05) is 19.1 Å². The van der Waals surface area contributed by atoms with Crippen LogP contribution in [-0.4, -0.2) is 17.0 Å². The molecule has 0 spiro atoms. The van der Waals surface area contributed by atoms with Crippen LogP contribution in [0.15, 0.2) is 36.4 Å². The zero-order valence-corrected chi connectivity index (χ0v) is 13.3. The van der Waals surface area contributed by atoms with E-state index >= 15 is 0 Å². The van der Waals surface area contributed by atoms with E-state index < -0.39 is 5.97 Å². The molecular weight excluding hydrogens is 383 g/mol. The van der Waals surface area contributed by atoms with Crippen molar-refractivity contribution in [1.82, 2.24) is 0 Å². The lowest BCUT2D eigenvalue weighted by Gasteiger charge is -2.11. The molecule has 108 valence electrons. The molecule has 0 unspecified atom stereocenters. The molecule has 21 heavy (non-hydrogen) atoms. The van der Waals surface area contributed by atoms with E-state index in [1.165, 1.54) is 18.2 Å². The lowest BCUT2D eigenvalue weighted by Crippen LogP contribution is -2.15. The molecule has 0 aliphatic heterocycles. The normalized spacial score (nSPS) is 10.2. The third-order valence-electron chi connectivity index (χ3n) is 2.98. The molecule has 0 atom stereocenters. The Balaban J connectivity index is 2.28. The van der Waals surface area contributed by atoms with E-state index in [4.69, 9.17) is 10.8 Å². The SMILES string of the molecule is Cc1cccc(C(=O)Nc2ccc(C(=O)O)cc2N)c1I. The van der Waals surface area contributed by atoms with Crippen molar-refractivity contribution in [2.75, 3.05) is 11.1 Å². The Bertz CT molecular complexity index is 729. The van der Waals surface area contributed by atoms with Crippen LogP contribution in [0.4, 0.5) is 11.4 Å². The second-order valence-electron chi connectivity index (χ2n) is 4.50. The number of aromatic carboxylic acids is 1. The van der Waals surface area contributed by atoms with Crippen LogP contribution in [-0.2, 0) is 0 Å². The lowest BCUT2D eigenvalue weighted by molar-refractivity contribution is 0.0697. The zero-order chi connectivity index (χ0) is 15.6. The van der Waals surface area contributed by atoms with Crippen LogP contribution in [0, 0.1) is 10.5 Å². The highest BCUT2D eigenvalue weighted by Gasteiger charge is 2.13. The monoisotopic (exact) mass is 396 g/mol. The minimum absolute atomic E-state index is 0.0793. The number of anilines is 2. The first-order chi connectivity index (χ1) is 9.90. The summed E-state index contributed by atoms with van der Waals surface area (Å²) < 4.78 is 0.869. The molecule has 2 rings (SSSR count). The highest BCUT2D eigenvalue weighted by atomic mass is 127. The number of carbonyl (C=O) groups is 2. The van der Waals surface area contributed by atoms with Crippen LogP contribution in [0.2, 0.25) is 0 Å². The molecule has 0 aromatic heterocycles. The van der Waals surface area contributed by atoms with Crippen molar-refractivity contribution in [3.05, 3.63) is 56.7 Å². The van der Waals surface area contributed by atoms with Crippen molar-refractivity contribution in [3.8, 4) is 0 Å². The van der Waals surface area contributed by atoms with Gasteiger partial charge in [-0.25, -0.2) is 4.79 Å². The van der Waals surface area contributed by atoms with Crippen LogP contribution < -0.4 is 11.1 Å². The average molecular weight is 396 g/mol. The maximum absolute atomic E-state index is 12.3. The predicted molar refractivity (Wildman–Crippen MR) is 89.7 cm³/mol. The van der Waals surface area contributed by atoms with Gasteiger partial charge in [0.2, 0.25) is 0 Å². The fraction of sp³-hybridized carbons (Fsp3) is 0.0667. The topological polar surface area (TPSA) is 92.4 Å². The summed E-state index contributed by atoms with van der Waals surface area (Å²) in [5.74, 6) is -1.34. The number of amides is 1. The fourth-order valence-electron chi connectivity index (χ4n) is 1.82. The number of hydrogen-bond donors (Lipinski definition) is 3. The Morgan fingerprint density at radius 1 is 1.24 bits per heavy atom. The smallest absolute Gasteiger partial charge is 0.335 e. The van der Waals surface area contributed by atoms with Gasteiger partial charge in [0.25, 0.3) is 5.91 Å². The van der Waals surface area contributed by atoms with Gasteiger partial charge in [-0.15, -0.1) is 0 Å². The van der Waals surface area contributed by atoms with Crippen LogP contribution in [0.5, 0.6) is 0 Å². The first-order valence-corrected chi connectivity index (χ1v) is 7.17. The number of carbonyl (C=O) groups excluding carboxylic acids is 1. The molecule has 5 nitrogen and oxygen atoms in total. The molecule has 2 aromatic carbocycles. The summed E-state index contributed by atoms with van der Waals surface area (Å²) >= 11 is 2.12. The van der Waals surface area contributed by atoms with Crippen LogP contribution in [0.3, 0.4) is 0 Å². The van der Waals surface area contributed by atoms with Gasteiger partial charge in [0.05, 0.1) is 22.5 Å². The Morgan fingerprint density at radius 2 is 1.95 bits per heavy atom. The Kier molecular flexibility index (Phi) is 4.46. The minimum atomic E-state index is -1.06. The molecule has 0 saturated carbocycles. The van der Waals surface area contributed by atoms with E-state index in [0.29, 0.717) is 11.3 Å². The molecule has 2 aromatic rings. The molecule has 0 aliphatic rings. The summed E-state index contributed by atoms with van der Waals surface area (Å²) in [5.41, 5.74) is 8.02. The third-order valence-corrected chi connectivity index (χ3v) is 4.42. The first kappa shape index (κ1) is 15.3. The number of rotatable bonds is 3. The van der Waals surface area contributed by atoms with Gasteiger partial charge >= 0.3 is 5.97 Å². The van der Waals surface area contributed by atoms with Crippen molar-refractivity contribution >= 4 is 45.8 Å². The number of halogens is 1. The molecule has 1 amide bonds. The second-order valence-corrected chi connectivity index (χ2v) is 5.58. The van der Waals surface area contributed by atoms with Crippen molar-refractivity contribution in [3.63, 3.8) is 0 Å². The third kappa shape index (κ3) is 3.33. The molecule has 0 aliphatic carbocycles. The molecule has 4 N–H and O–H groups in total. The number of nitrogens with two attached hydrogens (primary N) is 1. The van der Waals surface area contributed by atoms with Crippen molar-refractivity contribution in [1.29, 1.82) is 0 Å². The molecule has 0 radical (unpaired) electrons. The van der Waals surface area contributed by atoms with Gasteiger partial charge in [-0.2, -0.15) is 0 Å². The number of carboxylic acid groups (broad SMARTS) is 1. The lowest BCUT2D eigenvalue weighted by atomic mass is 10.1. The van der Waals surface area contributed by atoms with Gasteiger partial charge in [-0.3, -0.25) is 4.79 Å². The highest BCUT2D eigenvalue weighted by Crippen LogP contribution is 2.23. The number of nitrogen functional groups attached to an aromatic ring is 1. The van der Waals surface area contributed by atoms with Crippen molar-refractivity contribution in [2.45, 2.75) is 6.92 Å². The zero-order valence-electron chi connectivity index (χ0n) is 11.2. The quantitative estimate of drug-likeness (QED) is 0.549. The van der Waals surface area contributed by atoms with Gasteiger partial charge < -0.3 is 16.2 Å². The van der Waals surface area contributed by atoms with Gasteiger partial charge in [-0.1, -0.05) is 12.1 Å². The van der Waals surface area contributed by atoms with Gasteiger partial charge in [0.1, 0.15) is 0 Å². The molecule has 0 saturated heterocycles. The molecule has 6 heteroatoms. The second kappa shape index (κ2) is 6.13. The van der Waals surface area contributed by atoms with Gasteiger partial charge in [-0.05, 0) is 59.3 Å². The summed E-state index contributed by atoms with van der Waals surface area (Å²) in [4.78, 5) is 23.1. The van der Waals surface area contributed by atoms with Crippen LogP contribution in [0.1, 0.15) is 26.3 Å². The maximum Gasteiger partial charge on any atom is 0.335 e. The number of nitrogens with one attached hydrogen (secondary N) is 1.